The first kappa shape index (κ1) is 18.5. The first-order chi connectivity index (χ1) is 11.4. The van der Waals surface area contributed by atoms with Crippen molar-refractivity contribution in [1.82, 2.24) is 10.2 Å². The molecule has 1 amide bonds. The third-order valence-corrected chi connectivity index (χ3v) is 3.91. The quantitative estimate of drug-likeness (QED) is 0.737. The molecule has 24 heavy (non-hydrogen) atoms. The number of halogens is 3. The first-order valence-electron chi connectivity index (χ1n) is 7.82. The fourth-order valence-electron chi connectivity index (χ4n) is 2.67. The maximum absolute atomic E-state index is 12.6. The van der Waals surface area contributed by atoms with Gasteiger partial charge in [0.05, 0.1) is 25.3 Å². The maximum atomic E-state index is 12.6. The molecule has 0 aliphatic carbocycles. The second-order valence-electron chi connectivity index (χ2n) is 5.67. The molecular formula is C16H21F3N2O3. The monoisotopic (exact) mass is 346 g/mol. The summed E-state index contributed by atoms with van der Waals surface area (Å²) in [7, 11) is 0. The minimum atomic E-state index is -4.41. The van der Waals surface area contributed by atoms with E-state index in [1.54, 1.807) is 0 Å². The summed E-state index contributed by atoms with van der Waals surface area (Å²) < 4.78 is 43.0. The SMILES string of the molecule is O=C(CN1CCC[C@@H]1CO)NCCOc1cccc(C(F)(F)F)c1. The molecule has 1 saturated heterocycles. The Bertz CT molecular complexity index is 552. The van der Waals surface area contributed by atoms with Crippen molar-refractivity contribution in [2.75, 3.05) is 32.8 Å². The molecule has 1 aliphatic heterocycles. The molecule has 0 bridgehead atoms. The van der Waals surface area contributed by atoms with Crippen LogP contribution >= 0.6 is 0 Å². The number of benzene rings is 1. The molecule has 0 unspecified atom stereocenters. The number of amides is 1. The van der Waals surface area contributed by atoms with Crippen LogP contribution < -0.4 is 10.1 Å². The standard InChI is InChI=1S/C16H21F3N2O3/c17-16(18,19)12-3-1-5-14(9-12)24-8-6-20-15(23)10-21-7-2-4-13(21)11-22/h1,3,5,9,13,22H,2,4,6-8,10-11H2,(H,20,23)/t13-/m1/s1. The summed E-state index contributed by atoms with van der Waals surface area (Å²) in [5, 5.41) is 11.9. The van der Waals surface area contributed by atoms with Crippen LogP contribution in [-0.2, 0) is 11.0 Å². The molecule has 134 valence electrons. The van der Waals surface area contributed by atoms with Gasteiger partial charge in [0.15, 0.2) is 0 Å². The Labute approximate surface area is 138 Å². The second-order valence-corrected chi connectivity index (χ2v) is 5.67. The summed E-state index contributed by atoms with van der Waals surface area (Å²) in [5.41, 5.74) is -0.770. The van der Waals surface area contributed by atoms with E-state index < -0.39 is 11.7 Å². The number of rotatable bonds is 7. The van der Waals surface area contributed by atoms with Crippen molar-refractivity contribution >= 4 is 5.91 Å². The zero-order valence-electron chi connectivity index (χ0n) is 13.2. The van der Waals surface area contributed by atoms with Crippen LogP contribution in [0.1, 0.15) is 18.4 Å². The average Bonchev–Trinajstić information content (AvgIpc) is 2.98. The molecular weight excluding hydrogens is 325 g/mol. The van der Waals surface area contributed by atoms with Gasteiger partial charge in [-0.05, 0) is 37.6 Å². The number of alkyl halides is 3. The number of nitrogens with zero attached hydrogens (tertiary/aromatic N) is 1. The van der Waals surface area contributed by atoms with Gasteiger partial charge in [0, 0.05) is 6.04 Å². The van der Waals surface area contributed by atoms with E-state index in [4.69, 9.17) is 4.74 Å². The molecule has 0 saturated carbocycles. The lowest BCUT2D eigenvalue weighted by atomic mass is 10.2. The van der Waals surface area contributed by atoms with E-state index in [-0.39, 0.29) is 44.0 Å². The van der Waals surface area contributed by atoms with E-state index in [1.165, 1.54) is 12.1 Å². The molecule has 0 spiro atoms. The minimum absolute atomic E-state index is 0.0251. The van der Waals surface area contributed by atoms with Gasteiger partial charge in [-0.1, -0.05) is 6.07 Å². The number of hydrogen-bond acceptors (Lipinski definition) is 4. The van der Waals surface area contributed by atoms with Crippen LogP contribution in [0.2, 0.25) is 0 Å². The number of carbonyl (C=O) groups is 1. The summed E-state index contributed by atoms with van der Waals surface area (Å²) >= 11 is 0. The van der Waals surface area contributed by atoms with Gasteiger partial charge in [-0.15, -0.1) is 0 Å². The summed E-state index contributed by atoms with van der Waals surface area (Å²) in [6.45, 7) is 1.29. The van der Waals surface area contributed by atoms with Crippen molar-refractivity contribution in [3.8, 4) is 5.75 Å². The van der Waals surface area contributed by atoms with Crippen LogP contribution in [0.5, 0.6) is 5.75 Å². The minimum Gasteiger partial charge on any atom is -0.492 e. The fourth-order valence-corrected chi connectivity index (χ4v) is 2.67. The summed E-state index contributed by atoms with van der Waals surface area (Å²) in [5.74, 6) is -0.0815. The van der Waals surface area contributed by atoms with Gasteiger partial charge >= 0.3 is 6.18 Å². The van der Waals surface area contributed by atoms with E-state index in [9.17, 15) is 23.1 Å². The molecule has 1 fully saturated rings. The van der Waals surface area contributed by atoms with Crippen molar-refractivity contribution in [2.24, 2.45) is 0 Å². The maximum Gasteiger partial charge on any atom is 0.416 e. The number of nitrogens with one attached hydrogen (secondary N) is 1. The number of carbonyl (C=O) groups excluding carboxylic acids is 1. The zero-order valence-corrected chi connectivity index (χ0v) is 13.2. The van der Waals surface area contributed by atoms with Crippen LogP contribution in [0, 0.1) is 0 Å². The van der Waals surface area contributed by atoms with E-state index in [2.05, 4.69) is 5.32 Å². The van der Waals surface area contributed by atoms with E-state index >= 15 is 0 Å². The Morgan fingerprint density at radius 3 is 2.92 bits per heavy atom. The molecule has 1 atom stereocenters. The molecule has 5 nitrogen and oxygen atoms in total. The Hall–Kier alpha value is -1.80. The number of ether oxygens (including phenoxy) is 1. The average molecular weight is 346 g/mol. The number of aliphatic hydroxyl groups is 1. The highest BCUT2D eigenvalue weighted by Crippen LogP contribution is 2.31. The molecule has 0 aromatic heterocycles. The van der Waals surface area contributed by atoms with Crippen molar-refractivity contribution in [3.63, 3.8) is 0 Å². The predicted octanol–water partition coefficient (Wildman–Crippen LogP) is 1.66. The highest BCUT2D eigenvalue weighted by Gasteiger charge is 2.30. The fraction of sp³-hybridized carbons (Fsp3) is 0.562. The summed E-state index contributed by atoms with van der Waals surface area (Å²) in [4.78, 5) is 13.7. The Kier molecular flexibility index (Phi) is 6.44. The van der Waals surface area contributed by atoms with Crippen molar-refractivity contribution in [1.29, 1.82) is 0 Å². The van der Waals surface area contributed by atoms with Gasteiger partial charge < -0.3 is 15.2 Å². The lowest BCUT2D eigenvalue weighted by Crippen LogP contribution is -2.42. The molecule has 1 aliphatic rings. The number of hydrogen-bond donors (Lipinski definition) is 2. The third kappa shape index (κ3) is 5.38. The van der Waals surface area contributed by atoms with Crippen LogP contribution in [0.25, 0.3) is 0 Å². The summed E-state index contributed by atoms with van der Waals surface area (Å²) in [6.07, 6.45) is -2.58. The van der Waals surface area contributed by atoms with Crippen molar-refractivity contribution in [3.05, 3.63) is 29.8 Å². The molecule has 1 heterocycles. The lowest BCUT2D eigenvalue weighted by molar-refractivity contribution is -0.137. The van der Waals surface area contributed by atoms with Gasteiger partial charge in [0.1, 0.15) is 12.4 Å². The predicted molar refractivity (Wildman–Crippen MR) is 81.6 cm³/mol. The van der Waals surface area contributed by atoms with E-state index in [0.717, 1.165) is 31.5 Å². The molecule has 2 N–H and O–H groups in total. The molecule has 0 radical (unpaired) electrons. The summed E-state index contributed by atoms with van der Waals surface area (Å²) in [6, 6.07) is 4.64. The third-order valence-electron chi connectivity index (χ3n) is 3.91. The molecule has 8 heteroatoms. The van der Waals surface area contributed by atoms with Gasteiger partial charge in [-0.3, -0.25) is 9.69 Å². The Morgan fingerprint density at radius 2 is 2.21 bits per heavy atom. The topological polar surface area (TPSA) is 61.8 Å². The van der Waals surface area contributed by atoms with E-state index in [0.29, 0.717) is 0 Å². The molecule has 1 aromatic rings. The Morgan fingerprint density at radius 1 is 1.42 bits per heavy atom. The Balaban J connectivity index is 1.70. The first-order valence-corrected chi connectivity index (χ1v) is 7.82. The van der Waals surface area contributed by atoms with E-state index in [1.807, 2.05) is 4.90 Å². The molecule has 2 rings (SSSR count). The smallest absolute Gasteiger partial charge is 0.416 e. The van der Waals surface area contributed by atoms with Crippen molar-refractivity contribution in [2.45, 2.75) is 25.1 Å². The van der Waals surface area contributed by atoms with Crippen LogP contribution in [0.3, 0.4) is 0 Å². The van der Waals surface area contributed by atoms with Gasteiger partial charge in [-0.2, -0.15) is 13.2 Å². The van der Waals surface area contributed by atoms with Crippen LogP contribution in [0.15, 0.2) is 24.3 Å². The highest BCUT2D eigenvalue weighted by molar-refractivity contribution is 5.78. The van der Waals surface area contributed by atoms with Gasteiger partial charge in [0.2, 0.25) is 5.91 Å². The lowest BCUT2D eigenvalue weighted by Gasteiger charge is -2.21. The second kappa shape index (κ2) is 8.34. The number of likely N-dealkylation sites (tertiary alicyclic amines) is 1. The highest BCUT2D eigenvalue weighted by atomic mass is 19.4. The van der Waals surface area contributed by atoms with Gasteiger partial charge in [0.25, 0.3) is 0 Å². The van der Waals surface area contributed by atoms with Gasteiger partial charge in [-0.25, -0.2) is 0 Å². The molecule has 1 aromatic carbocycles. The largest absolute Gasteiger partial charge is 0.492 e. The van der Waals surface area contributed by atoms with Crippen LogP contribution in [-0.4, -0.2) is 54.8 Å². The normalized spacial score (nSPS) is 18.6. The zero-order chi connectivity index (χ0) is 17.6. The van der Waals surface area contributed by atoms with Crippen LogP contribution in [0.4, 0.5) is 13.2 Å². The van der Waals surface area contributed by atoms with Crippen molar-refractivity contribution < 1.29 is 27.8 Å². The number of aliphatic hydroxyl groups excluding tert-OH is 1.